The van der Waals surface area contributed by atoms with Crippen LogP contribution >= 0.6 is 0 Å². The second-order valence-electron chi connectivity index (χ2n) is 6.63. The summed E-state index contributed by atoms with van der Waals surface area (Å²) in [7, 11) is 0. The molecule has 10 nitrogen and oxygen atoms in total. The molecule has 3 aromatic rings. The molecule has 0 spiro atoms. The van der Waals surface area contributed by atoms with E-state index in [1.807, 2.05) is 0 Å². The number of rotatable bonds is 3. The molecule has 152 valence electrons. The summed E-state index contributed by atoms with van der Waals surface area (Å²) >= 11 is 0. The van der Waals surface area contributed by atoms with Gasteiger partial charge in [-0.2, -0.15) is 0 Å². The normalized spacial score (nSPS) is 27.2. The zero-order valence-electron chi connectivity index (χ0n) is 14.6. The zero-order valence-corrected chi connectivity index (χ0v) is 14.6. The topological polar surface area (TPSA) is 167 Å². The fourth-order valence-corrected chi connectivity index (χ4v) is 3.26. The number of aliphatic carboxylic acids is 1. The van der Waals surface area contributed by atoms with Gasteiger partial charge in [0.05, 0.1) is 5.39 Å². The number of fused-ring (bicyclic) bond motifs is 3. The van der Waals surface area contributed by atoms with Gasteiger partial charge in [-0.1, -0.05) is 0 Å². The number of hydrogen-bond acceptors (Lipinski definition) is 9. The Morgan fingerprint density at radius 2 is 1.66 bits per heavy atom. The third-order valence-electron chi connectivity index (χ3n) is 4.73. The Balaban J connectivity index is 1.70. The van der Waals surface area contributed by atoms with Crippen molar-refractivity contribution in [2.24, 2.45) is 0 Å². The SMILES string of the molecule is O=C(O)[C@H]1O[C@@H](Oc2ccc3c(c2)c(=O)oc2cc(O)ccc23)[C@H](O)[C@@H](O)[C@@H]1O. The Bertz CT molecular complexity index is 1150. The number of carbonyl (C=O) groups is 1. The Hall–Kier alpha value is -3.18. The minimum Gasteiger partial charge on any atom is -0.508 e. The van der Waals surface area contributed by atoms with Crippen molar-refractivity contribution < 1.29 is 44.2 Å². The Kier molecular flexibility index (Phi) is 4.63. The highest BCUT2D eigenvalue weighted by Crippen LogP contribution is 2.30. The maximum Gasteiger partial charge on any atom is 0.344 e. The van der Waals surface area contributed by atoms with Crippen molar-refractivity contribution in [2.45, 2.75) is 30.7 Å². The molecule has 1 saturated heterocycles. The summed E-state index contributed by atoms with van der Waals surface area (Å²) in [4.78, 5) is 23.5. The van der Waals surface area contributed by atoms with E-state index in [-0.39, 0.29) is 22.5 Å². The highest BCUT2D eigenvalue weighted by atomic mass is 16.7. The molecule has 0 aliphatic carbocycles. The number of aliphatic hydroxyl groups is 3. The molecule has 5 N–H and O–H groups in total. The Labute approximate surface area is 161 Å². The second kappa shape index (κ2) is 7.01. The average molecular weight is 404 g/mol. The van der Waals surface area contributed by atoms with Crippen LogP contribution < -0.4 is 10.4 Å². The van der Waals surface area contributed by atoms with E-state index in [4.69, 9.17) is 19.0 Å². The van der Waals surface area contributed by atoms with Crippen LogP contribution in [0.3, 0.4) is 0 Å². The van der Waals surface area contributed by atoms with Crippen LogP contribution in [0.2, 0.25) is 0 Å². The maximum atomic E-state index is 12.3. The molecule has 29 heavy (non-hydrogen) atoms. The molecule has 1 aromatic heterocycles. The smallest absolute Gasteiger partial charge is 0.344 e. The number of carboxylic acid groups (broad SMARTS) is 1. The zero-order chi connectivity index (χ0) is 20.9. The monoisotopic (exact) mass is 404 g/mol. The highest BCUT2D eigenvalue weighted by molar-refractivity contribution is 6.04. The molecule has 1 aliphatic rings. The van der Waals surface area contributed by atoms with Crippen LogP contribution in [0.25, 0.3) is 21.7 Å². The molecule has 0 unspecified atom stereocenters. The average Bonchev–Trinajstić information content (AvgIpc) is 2.68. The number of aromatic hydroxyl groups is 1. The lowest BCUT2D eigenvalue weighted by Gasteiger charge is -2.38. The highest BCUT2D eigenvalue weighted by Gasteiger charge is 2.48. The molecule has 5 atom stereocenters. The molecule has 0 saturated carbocycles. The van der Waals surface area contributed by atoms with E-state index in [1.54, 1.807) is 12.1 Å². The number of carboxylic acids is 1. The number of ether oxygens (including phenoxy) is 2. The van der Waals surface area contributed by atoms with Crippen LogP contribution in [0, 0.1) is 0 Å². The molecule has 0 bridgehead atoms. The number of aliphatic hydroxyl groups excluding tert-OH is 3. The van der Waals surface area contributed by atoms with Gasteiger partial charge in [0, 0.05) is 16.8 Å². The summed E-state index contributed by atoms with van der Waals surface area (Å²) in [5, 5.41) is 49.5. The lowest BCUT2D eigenvalue weighted by atomic mass is 9.99. The molecule has 2 aromatic carbocycles. The van der Waals surface area contributed by atoms with E-state index in [9.17, 15) is 30.0 Å². The largest absolute Gasteiger partial charge is 0.508 e. The van der Waals surface area contributed by atoms with Crippen molar-refractivity contribution in [3.05, 3.63) is 46.8 Å². The van der Waals surface area contributed by atoms with E-state index in [2.05, 4.69) is 0 Å². The molecule has 10 heteroatoms. The number of phenolic OH excluding ortho intramolecular Hbond substituents is 1. The summed E-state index contributed by atoms with van der Waals surface area (Å²) in [5.41, 5.74) is -0.504. The van der Waals surface area contributed by atoms with Crippen LogP contribution in [0.15, 0.2) is 45.6 Å². The number of benzene rings is 2. The summed E-state index contributed by atoms with van der Waals surface area (Å²) < 4.78 is 15.7. The first-order valence-electron chi connectivity index (χ1n) is 8.55. The first-order chi connectivity index (χ1) is 13.8. The van der Waals surface area contributed by atoms with Crippen molar-refractivity contribution in [1.29, 1.82) is 0 Å². The fraction of sp³-hybridized carbons (Fsp3) is 0.263. The predicted octanol–water partition coefficient (Wildman–Crippen LogP) is -0.0772. The standard InChI is InChI=1S/C19H16O10/c20-7-1-3-10-9-4-2-8(6-11(9)18(26)28-12(10)5-7)27-19-15(23)13(21)14(22)16(29-19)17(24)25/h1-6,13-16,19-23H,(H,24,25)/t13-,14-,15+,16-,19+/m0/s1. The molecule has 1 aliphatic heterocycles. The molecule has 2 heterocycles. The van der Waals surface area contributed by atoms with Gasteiger partial charge in [-0.15, -0.1) is 0 Å². The lowest BCUT2D eigenvalue weighted by Crippen LogP contribution is -2.61. The first-order valence-corrected chi connectivity index (χ1v) is 8.55. The maximum absolute atomic E-state index is 12.3. The van der Waals surface area contributed by atoms with Gasteiger partial charge in [0.1, 0.15) is 35.4 Å². The van der Waals surface area contributed by atoms with Crippen molar-refractivity contribution >= 4 is 27.7 Å². The first kappa shape index (κ1) is 19.2. The number of hydrogen-bond donors (Lipinski definition) is 5. The summed E-state index contributed by atoms with van der Waals surface area (Å²) in [5.74, 6) is -1.55. The van der Waals surface area contributed by atoms with Crippen molar-refractivity contribution in [3.8, 4) is 11.5 Å². The second-order valence-corrected chi connectivity index (χ2v) is 6.63. The molecular weight excluding hydrogens is 388 g/mol. The molecule has 0 amide bonds. The van der Waals surface area contributed by atoms with Crippen LogP contribution in [0.4, 0.5) is 0 Å². The Morgan fingerprint density at radius 1 is 0.931 bits per heavy atom. The van der Waals surface area contributed by atoms with Crippen LogP contribution in [-0.4, -0.2) is 62.2 Å². The molecule has 0 radical (unpaired) electrons. The van der Waals surface area contributed by atoms with Crippen molar-refractivity contribution in [1.82, 2.24) is 0 Å². The van der Waals surface area contributed by atoms with Gasteiger partial charge >= 0.3 is 11.6 Å². The van der Waals surface area contributed by atoms with E-state index in [1.165, 1.54) is 24.3 Å². The van der Waals surface area contributed by atoms with Crippen LogP contribution in [0.5, 0.6) is 11.5 Å². The number of phenols is 1. The minimum atomic E-state index is -1.84. The third-order valence-corrected chi connectivity index (χ3v) is 4.73. The van der Waals surface area contributed by atoms with Gasteiger partial charge in [-0.05, 0) is 30.3 Å². The van der Waals surface area contributed by atoms with Gasteiger partial charge in [0.25, 0.3) is 0 Å². The van der Waals surface area contributed by atoms with Crippen molar-refractivity contribution in [3.63, 3.8) is 0 Å². The van der Waals surface area contributed by atoms with Gasteiger partial charge in [0.2, 0.25) is 6.29 Å². The van der Waals surface area contributed by atoms with Gasteiger partial charge in [-0.25, -0.2) is 9.59 Å². The van der Waals surface area contributed by atoms with Crippen molar-refractivity contribution in [2.75, 3.05) is 0 Å². The van der Waals surface area contributed by atoms with E-state index >= 15 is 0 Å². The summed E-state index contributed by atoms with van der Waals surface area (Å²) in [6.45, 7) is 0. The molecule has 1 fully saturated rings. The molecule has 4 rings (SSSR count). The van der Waals surface area contributed by atoms with Crippen LogP contribution in [-0.2, 0) is 9.53 Å². The van der Waals surface area contributed by atoms with E-state index in [0.717, 1.165) is 0 Å². The van der Waals surface area contributed by atoms with E-state index < -0.39 is 42.3 Å². The predicted molar refractivity (Wildman–Crippen MR) is 96.6 cm³/mol. The Morgan fingerprint density at radius 3 is 2.38 bits per heavy atom. The third kappa shape index (κ3) is 3.28. The van der Waals surface area contributed by atoms with E-state index in [0.29, 0.717) is 10.8 Å². The summed E-state index contributed by atoms with van der Waals surface area (Å²) in [6.07, 6.45) is -8.78. The lowest BCUT2D eigenvalue weighted by molar-refractivity contribution is -0.271. The minimum absolute atomic E-state index is 0.0414. The van der Waals surface area contributed by atoms with Gasteiger partial charge < -0.3 is 39.4 Å². The molecular formula is C19H16O10. The fourth-order valence-electron chi connectivity index (χ4n) is 3.26. The quantitative estimate of drug-likeness (QED) is 0.294. The van der Waals surface area contributed by atoms with Gasteiger partial charge in [-0.3, -0.25) is 0 Å². The summed E-state index contributed by atoms with van der Waals surface area (Å²) in [6, 6.07) is 8.66. The van der Waals surface area contributed by atoms with Crippen LogP contribution in [0.1, 0.15) is 0 Å². The van der Waals surface area contributed by atoms with Gasteiger partial charge in [0.15, 0.2) is 6.10 Å².